The summed E-state index contributed by atoms with van der Waals surface area (Å²) in [4.78, 5) is 20.9. The van der Waals surface area contributed by atoms with E-state index in [1.807, 2.05) is 44.6 Å². The van der Waals surface area contributed by atoms with E-state index >= 15 is 0 Å². The van der Waals surface area contributed by atoms with Gasteiger partial charge in [-0.3, -0.25) is 0 Å². The van der Waals surface area contributed by atoms with Crippen molar-refractivity contribution in [2.75, 3.05) is 7.05 Å². The largest absolute Gasteiger partial charge is 0.440 e. The van der Waals surface area contributed by atoms with Crippen LogP contribution in [0.15, 0.2) is 46.2 Å². The number of aryl methyl sites for hydroxylation is 1. The highest BCUT2D eigenvalue weighted by atomic mass is 32.2. The van der Waals surface area contributed by atoms with Gasteiger partial charge in [-0.05, 0) is 30.0 Å². The lowest BCUT2D eigenvalue weighted by molar-refractivity contribution is 0.0338. The number of thiophene rings is 1. The van der Waals surface area contributed by atoms with Crippen LogP contribution >= 0.6 is 23.1 Å². The third-order valence-corrected chi connectivity index (χ3v) is 6.66. The van der Waals surface area contributed by atoms with Crippen LogP contribution in [0.2, 0.25) is 0 Å². The first-order valence-corrected chi connectivity index (χ1v) is 10.6. The maximum absolute atomic E-state index is 14.5. The molecule has 0 aliphatic carbocycles. The molecule has 0 aliphatic rings. The second-order valence-corrected chi connectivity index (χ2v) is 9.84. The Balaban J connectivity index is 2.11. The molecule has 1 unspecified atom stereocenters. The molecule has 3 aromatic rings. The van der Waals surface area contributed by atoms with Gasteiger partial charge < -0.3 is 14.6 Å². The van der Waals surface area contributed by atoms with Gasteiger partial charge in [0, 0.05) is 54.1 Å². The number of alkyl carbamates (subject to hydrolysis) is 1. The summed E-state index contributed by atoms with van der Waals surface area (Å²) < 4.78 is 22.9. The normalized spacial score (nSPS) is 12.6. The second-order valence-electron chi connectivity index (χ2n) is 7.52. The number of halogens is 1. The van der Waals surface area contributed by atoms with Crippen LogP contribution in [0.3, 0.4) is 0 Å². The molecule has 0 radical (unpaired) electrons. The van der Waals surface area contributed by atoms with Crippen LogP contribution < -0.4 is 5.32 Å². The molecule has 29 heavy (non-hydrogen) atoms. The molecule has 3 heterocycles. The van der Waals surface area contributed by atoms with Crippen LogP contribution in [0.4, 0.5) is 9.18 Å². The molecule has 1 N–H and O–H groups in total. The maximum Gasteiger partial charge on any atom is 0.407 e. The summed E-state index contributed by atoms with van der Waals surface area (Å²) in [5.41, 5.74) is 0.755. The first kappa shape index (κ1) is 21.3. The zero-order valence-electron chi connectivity index (χ0n) is 16.9. The van der Waals surface area contributed by atoms with Gasteiger partial charge in [0.15, 0.2) is 5.16 Å². The van der Waals surface area contributed by atoms with Gasteiger partial charge in [-0.2, -0.15) is 4.39 Å². The Morgan fingerprint density at radius 3 is 2.66 bits per heavy atom. The van der Waals surface area contributed by atoms with E-state index in [-0.39, 0.29) is 5.41 Å². The van der Waals surface area contributed by atoms with Crippen molar-refractivity contribution in [1.29, 1.82) is 0 Å². The van der Waals surface area contributed by atoms with Crippen LogP contribution in [0, 0.1) is 11.4 Å². The van der Waals surface area contributed by atoms with E-state index in [0.29, 0.717) is 11.1 Å². The van der Waals surface area contributed by atoms with Crippen molar-refractivity contribution in [3.63, 3.8) is 0 Å². The van der Waals surface area contributed by atoms with Gasteiger partial charge in [-0.25, -0.2) is 14.8 Å². The molecule has 0 aromatic carbocycles. The molecule has 0 bridgehead atoms. The second kappa shape index (κ2) is 8.54. The number of nitrogens with zero attached hydrogens (tertiary/aromatic N) is 3. The van der Waals surface area contributed by atoms with Crippen molar-refractivity contribution in [1.82, 2.24) is 19.9 Å². The van der Waals surface area contributed by atoms with E-state index in [4.69, 9.17) is 4.74 Å². The molecule has 0 aliphatic heterocycles. The fourth-order valence-corrected chi connectivity index (χ4v) is 5.35. The van der Waals surface area contributed by atoms with Gasteiger partial charge >= 0.3 is 6.09 Å². The number of pyridine rings is 1. The van der Waals surface area contributed by atoms with Crippen molar-refractivity contribution in [2.24, 2.45) is 12.5 Å². The van der Waals surface area contributed by atoms with E-state index in [1.54, 1.807) is 18.3 Å². The molecule has 6 nitrogen and oxygen atoms in total. The summed E-state index contributed by atoms with van der Waals surface area (Å²) in [6.07, 6.45) is 3.99. The summed E-state index contributed by atoms with van der Waals surface area (Å²) in [5, 5.41) is 3.28. The molecule has 0 saturated heterocycles. The van der Waals surface area contributed by atoms with Crippen LogP contribution in [-0.4, -0.2) is 27.7 Å². The third-order valence-electron chi connectivity index (χ3n) is 4.20. The van der Waals surface area contributed by atoms with Gasteiger partial charge in [-0.1, -0.05) is 20.8 Å². The number of imidazole rings is 1. The number of hydrogen-bond donors (Lipinski definition) is 1. The lowest BCUT2D eigenvalue weighted by atomic mass is 9.87. The number of aromatic nitrogens is 3. The Hall–Kier alpha value is -2.39. The summed E-state index contributed by atoms with van der Waals surface area (Å²) >= 11 is 2.91. The van der Waals surface area contributed by atoms with Gasteiger partial charge in [-0.15, -0.1) is 11.3 Å². The average Bonchev–Trinajstić information content (AvgIpc) is 3.25. The summed E-state index contributed by atoms with van der Waals surface area (Å²) in [6, 6.07) is 5.28. The lowest BCUT2D eigenvalue weighted by Crippen LogP contribution is -2.28. The Morgan fingerprint density at radius 1 is 1.31 bits per heavy atom. The third kappa shape index (κ3) is 4.79. The molecule has 0 spiro atoms. The Bertz CT molecular complexity index is 1010. The maximum atomic E-state index is 14.5. The SMILES string of the molecule is CNC(=O)OC(c1cc(-c2cccnc2F)c(Sc2nccn2C)s1)C(C)(C)C. The first-order valence-electron chi connectivity index (χ1n) is 8.99. The molecule has 154 valence electrons. The molecular formula is C20H23FN4O2S2. The minimum atomic E-state index is -0.543. The minimum Gasteiger partial charge on any atom is -0.440 e. The topological polar surface area (TPSA) is 69.0 Å². The lowest BCUT2D eigenvalue weighted by Gasteiger charge is -2.29. The Labute approximate surface area is 177 Å². The van der Waals surface area contributed by atoms with Crippen LogP contribution in [0.25, 0.3) is 11.1 Å². The standard InChI is InChI=1S/C20H23FN4O2S2/c1-20(2,3)15(27-19(26)22-4)14-11-13(12-7-6-8-23-16(12)21)17(28-14)29-18-24-9-10-25(18)5/h6-11,15H,1-5H3,(H,22,26). The highest BCUT2D eigenvalue weighted by Crippen LogP contribution is 2.47. The highest BCUT2D eigenvalue weighted by molar-refractivity contribution is 8.01. The van der Waals surface area contributed by atoms with Gasteiger partial charge in [0.1, 0.15) is 6.10 Å². The van der Waals surface area contributed by atoms with Crippen molar-refractivity contribution in [2.45, 2.75) is 36.2 Å². The number of carbonyl (C=O) groups is 1. The minimum absolute atomic E-state index is 0.354. The fraction of sp³-hybridized carbons (Fsp3) is 0.350. The van der Waals surface area contributed by atoms with Gasteiger partial charge in [0.25, 0.3) is 0 Å². The van der Waals surface area contributed by atoms with Crippen LogP contribution in [-0.2, 0) is 11.8 Å². The van der Waals surface area contributed by atoms with Crippen molar-refractivity contribution < 1.29 is 13.9 Å². The monoisotopic (exact) mass is 434 g/mol. The Morgan fingerprint density at radius 2 is 2.07 bits per heavy atom. The number of carbonyl (C=O) groups excluding carboxylic acids is 1. The smallest absolute Gasteiger partial charge is 0.407 e. The molecule has 9 heteroatoms. The van der Waals surface area contributed by atoms with Crippen molar-refractivity contribution >= 4 is 29.2 Å². The van der Waals surface area contributed by atoms with Crippen LogP contribution in [0.5, 0.6) is 0 Å². The predicted molar refractivity (Wildman–Crippen MR) is 113 cm³/mol. The zero-order valence-corrected chi connectivity index (χ0v) is 18.5. The number of nitrogens with one attached hydrogen (secondary N) is 1. The molecule has 0 saturated carbocycles. The van der Waals surface area contributed by atoms with Gasteiger partial charge in [0.2, 0.25) is 5.95 Å². The van der Waals surface area contributed by atoms with E-state index in [9.17, 15) is 9.18 Å². The highest BCUT2D eigenvalue weighted by Gasteiger charge is 2.33. The molecular weight excluding hydrogens is 411 g/mol. The van der Waals surface area contributed by atoms with Gasteiger partial charge in [0.05, 0.1) is 4.21 Å². The van der Waals surface area contributed by atoms with Crippen molar-refractivity contribution in [3.05, 3.63) is 47.6 Å². The molecule has 0 fully saturated rings. The number of amides is 1. The van der Waals surface area contributed by atoms with E-state index < -0.39 is 18.1 Å². The molecule has 1 amide bonds. The van der Waals surface area contributed by atoms with Crippen molar-refractivity contribution in [3.8, 4) is 11.1 Å². The molecule has 3 aromatic heterocycles. The summed E-state index contributed by atoms with van der Waals surface area (Å²) in [6.45, 7) is 5.99. The number of hydrogen-bond acceptors (Lipinski definition) is 6. The van der Waals surface area contributed by atoms with E-state index in [2.05, 4.69) is 15.3 Å². The molecule has 3 rings (SSSR count). The zero-order chi connectivity index (χ0) is 21.2. The van der Waals surface area contributed by atoms with Crippen LogP contribution in [0.1, 0.15) is 31.8 Å². The predicted octanol–water partition coefficient (Wildman–Crippen LogP) is 5.28. The van der Waals surface area contributed by atoms with E-state index in [1.165, 1.54) is 36.3 Å². The average molecular weight is 435 g/mol. The Kier molecular flexibility index (Phi) is 6.28. The number of rotatable bonds is 5. The number of ether oxygens (including phenoxy) is 1. The quantitative estimate of drug-likeness (QED) is 0.554. The fourth-order valence-electron chi connectivity index (χ4n) is 2.73. The first-order chi connectivity index (χ1) is 13.7. The molecule has 1 atom stereocenters. The summed E-state index contributed by atoms with van der Waals surface area (Å²) in [5.74, 6) is -0.543. The van der Waals surface area contributed by atoms with E-state index in [0.717, 1.165) is 14.2 Å². The summed E-state index contributed by atoms with van der Waals surface area (Å²) in [7, 11) is 3.43.